The molecule has 0 aliphatic carbocycles. The molecule has 0 spiro atoms. The number of aromatic nitrogens is 3. The standard InChI is InChI=1S/C21H20N4O/c1-15-6-7-16(12-22-15)13-23-17-8-9-21-20(10-17)24-14-25(21)18-4-3-5-19(11-18)26-2/h3-12,14,23H,13H2,1-2H3. The predicted molar refractivity (Wildman–Crippen MR) is 104 cm³/mol. The van der Waals surface area contributed by atoms with Crippen LogP contribution in [0.5, 0.6) is 5.75 Å². The van der Waals surface area contributed by atoms with Gasteiger partial charge in [-0.05, 0) is 48.9 Å². The Morgan fingerprint density at radius 1 is 1.04 bits per heavy atom. The van der Waals surface area contributed by atoms with Crippen molar-refractivity contribution < 1.29 is 4.74 Å². The lowest BCUT2D eigenvalue weighted by Crippen LogP contribution is -2.00. The number of hydrogen-bond acceptors (Lipinski definition) is 4. The largest absolute Gasteiger partial charge is 0.497 e. The van der Waals surface area contributed by atoms with Crippen LogP contribution in [0.1, 0.15) is 11.3 Å². The molecule has 0 atom stereocenters. The SMILES string of the molecule is COc1cccc(-n2cnc3cc(NCc4ccc(C)nc4)ccc32)c1. The highest BCUT2D eigenvalue weighted by Gasteiger charge is 2.06. The summed E-state index contributed by atoms with van der Waals surface area (Å²) < 4.78 is 7.38. The van der Waals surface area contributed by atoms with Crippen LogP contribution >= 0.6 is 0 Å². The molecule has 4 rings (SSSR count). The minimum Gasteiger partial charge on any atom is -0.497 e. The molecule has 0 radical (unpaired) electrons. The van der Waals surface area contributed by atoms with Crippen LogP contribution in [-0.4, -0.2) is 21.6 Å². The van der Waals surface area contributed by atoms with Gasteiger partial charge in [-0.3, -0.25) is 9.55 Å². The van der Waals surface area contributed by atoms with Gasteiger partial charge in [0.05, 0.1) is 23.8 Å². The predicted octanol–water partition coefficient (Wildman–Crippen LogP) is 4.35. The second-order valence-corrected chi connectivity index (χ2v) is 6.18. The molecule has 0 aliphatic heterocycles. The summed E-state index contributed by atoms with van der Waals surface area (Å²) in [6, 6.07) is 18.3. The van der Waals surface area contributed by atoms with Crippen LogP contribution in [0.15, 0.2) is 67.1 Å². The summed E-state index contributed by atoms with van der Waals surface area (Å²) in [4.78, 5) is 8.87. The lowest BCUT2D eigenvalue weighted by molar-refractivity contribution is 0.414. The van der Waals surface area contributed by atoms with Crippen molar-refractivity contribution in [2.24, 2.45) is 0 Å². The Labute approximate surface area is 152 Å². The number of nitrogens with zero attached hydrogens (tertiary/aromatic N) is 3. The molecule has 1 N–H and O–H groups in total. The van der Waals surface area contributed by atoms with Crippen LogP contribution in [0.25, 0.3) is 16.7 Å². The maximum Gasteiger partial charge on any atom is 0.120 e. The Kier molecular flexibility index (Phi) is 4.27. The maximum absolute atomic E-state index is 5.32. The van der Waals surface area contributed by atoms with Gasteiger partial charge in [0.15, 0.2) is 0 Å². The summed E-state index contributed by atoms with van der Waals surface area (Å²) in [5.74, 6) is 0.828. The molecule has 26 heavy (non-hydrogen) atoms. The Morgan fingerprint density at radius 2 is 1.96 bits per heavy atom. The molecule has 0 fully saturated rings. The van der Waals surface area contributed by atoms with E-state index >= 15 is 0 Å². The van der Waals surface area contributed by atoms with Gasteiger partial charge in [0.25, 0.3) is 0 Å². The molecule has 4 aromatic rings. The third-order valence-electron chi connectivity index (χ3n) is 4.35. The zero-order valence-corrected chi connectivity index (χ0v) is 14.8. The topological polar surface area (TPSA) is 52.0 Å². The maximum atomic E-state index is 5.32. The first-order valence-corrected chi connectivity index (χ1v) is 8.50. The van der Waals surface area contributed by atoms with Crippen molar-refractivity contribution in [1.82, 2.24) is 14.5 Å². The molecule has 0 saturated heterocycles. The number of anilines is 1. The average molecular weight is 344 g/mol. The van der Waals surface area contributed by atoms with E-state index in [1.807, 2.05) is 49.8 Å². The zero-order chi connectivity index (χ0) is 17.9. The van der Waals surface area contributed by atoms with E-state index in [4.69, 9.17) is 4.74 Å². The second-order valence-electron chi connectivity index (χ2n) is 6.18. The number of benzene rings is 2. The molecular weight excluding hydrogens is 324 g/mol. The Hall–Kier alpha value is -3.34. The van der Waals surface area contributed by atoms with Gasteiger partial charge in [-0.1, -0.05) is 12.1 Å². The summed E-state index contributed by atoms with van der Waals surface area (Å²) in [7, 11) is 1.67. The minimum absolute atomic E-state index is 0.732. The van der Waals surface area contributed by atoms with Gasteiger partial charge in [0, 0.05) is 30.2 Å². The number of fused-ring (bicyclic) bond motifs is 1. The molecule has 130 valence electrons. The van der Waals surface area contributed by atoms with Crippen molar-refractivity contribution >= 4 is 16.7 Å². The third kappa shape index (κ3) is 3.24. The lowest BCUT2D eigenvalue weighted by atomic mass is 10.2. The Balaban J connectivity index is 1.57. The number of pyridine rings is 1. The van der Waals surface area contributed by atoms with E-state index in [-0.39, 0.29) is 0 Å². The van der Waals surface area contributed by atoms with Crippen molar-refractivity contribution in [3.8, 4) is 11.4 Å². The van der Waals surface area contributed by atoms with Gasteiger partial charge < -0.3 is 10.1 Å². The molecule has 0 unspecified atom stereocenters. The van der Waals surface area contributed by atoms with E-state index in [0.717, 1.165) is 46.0 Å². The van der Waals surface area contributed by atoms with Crippen molar-refractivity contribution in [3.63, 3.8) is 0 Å². The van der Waals surface area contributed by atoms with Gasteiger partial charge in [-0.15, -0.1) is 0 Å². The molecule has 0 bridgehead atoms. The Bertz CT molecular complexity index is 1040. The van der Waals surface area contributed by atoms with Crippen molar-refractivity contribution in [2.75, 3.05) is 12.4 Å². The molecule has 2 aromatic heterocycles. The number of nitrogens with one attached hydrogen (secondary N) is 1. The number of ether oxygens (including phenoxy) is 1. The highest BCUT2D eigenvalue weighted by molar-refractivity contribution is 5.81. The molecular formula is C21H20N4O. The minimum atomic E-state index is 0.732. The fourth-order valence-corrected chi connectivity index (χ4v) is 2.90. The van der Waals surface area contributed by atoms with Gasteiger partial charge in [0.1, 0.15) is 12.1 Å². The summed E-state index contributed by atoms with van der Waals surface area (Å²) in [6.07, 6.45) is 3.74. The first-order valence-electron chi connectivity index (χ1n) is 8.50. The summed E-state index contributed by atoms with van der Waals surface area (Å²) in [5, 5.41) is 3.43. The summed E-state index contributed by atoms with van der Waals surface area (Å²) in [6.45, 7) is 2.72. The van der Waals surface area contributed by atoms with Crippen molar-refractivity contribution in [1.29, 1.82) is 0 Å². The first kappa shape index (κ1) is 16.1. The zero-order valence-electron chi connectivity index (χ0n) is 14.8. The molecule has 2 aromatic carbocycles. The van der Waals surface area contributed by atoms with Crippen LogP contribution in [0, 0.1) is 6.92 Å². The van der Waals surface area contributed by atoms with Gasteiger partial charge in [-0.25, -0.2) is 4.98 Å². The number of rotatable bonds is 5. The number of aryl methyl sites for hydroxylation is 1. The monoisotopic (exact) mass is 344 g/mol. The van der Waals surface area contributed by atoms with Crippen molar-refractivity contribution in [3.05, 3.63) is 78.4 Å². The van der Waals surface area contributed by atoms with Crippen LogP contribution in [0.4, 0.5) is 5.69 Å². The number of hydrogen-bond donors (Lipinski definition) is 1. The molecule has 2 heterocycles. The van der Waals surface area contributed by atoms with Crippen molar-refractivity contribution in [2.45, 2.75) is 13.5 Å². The van der Waals surface area contributed by atoms with Crippen LogP contribution < -0.4 is 10.1 Å². The van der Waals surface area contributed by atoms with Gasteiger partial charge >= 0.3 is 0 Å². The Morgan fingerprint density at radius 3 is 2.77 bits per heavy atom. The summed E-state index contributed by atoms with van der Waals surface area (Å²) in [5.41, 5.74) is 6.24. The highest BCUT2D eigenvalue weighted by atomic mass is 16.5. The molecule has 0 saturated carbocycles. The van der Waals surface area contributed by atoms with E-state index in [1.165, 1.54) is 0 Å². The van der Waals surface area contributed by atoms with E-state index in [9.17, 15) is 0 Å². The highest BCUT2D eigenvalue weighted by Crippen LogP contribution is 2.24. The number of imidazole rings is 1. The lowest BCUT2D eigenvalue weighted by Gasteiger charge is -2.08. The molecule has 5 heteroatoms. The molecule has 0 amide bonds. The normalized spacial score (nSPS) is 10.8. The van der Waals surface area contributed by atoms with Crippen LogP contribution in [0.2, 0.25) is 0 Å². The van der Waals surface area contributed by atoms with Crippen LogP contribution in [0.3, 0.4) is 0 Å². The van der Waals surface area contributed by atoms with Crippen LogP contribution in [-0.2, 0) is 6.54 Å². The quantitative estimate of drug-likeness (QED) is 0.585. The summed E-state index contributed by atoms with van der Waals surface area (Å²) >= 11 is 0. The third-order valence-corrected chi connectivity index (χ3v) is 4.35. The van der Waals surface area contributed by atoms with Gasteiger partial charge in [-0.2, -0.15) is 0 Å². The molecule has 0 aliphatic rings. The van der Waals surface area contributed by atoms with E-state index in [1.54, 1.807) is 7.11 Å². The van der Waals surface area contributed by atoms with E-state index in [0.29, 0.717) is 0 Å². The van der Waals surface area contributed by atoms with E-state index in [2.05, 4.69) is 44.1 Å². The van der Waals surface area contributed by atoms with E-state index < -0.39 is 0 Å². The molecule has 5 nitrogen and oxygen atoms in total. The first-order chi connectivity index (χ1) is 12.7. The average Bonchev–Trinajstić information content (AvgIpc) is 3.11. The fraction of sp³-hybridized carbons (Fsp3) is 0.143. The smallest absolute Gasteiger partial charge is 0.120 e. The number of methoxy groups -OCH3 is 1. The second kappa shape index (κ2) is 6.88. The van der Waals surface area contributed by atoms with Gasteiger partial charge in [0.2, 0.25) is 0 Å². The fourth-order valence-electron chi connectivity index (χ4n) is 2.90.